The van der Waals surface area contributed by atoms with Gasteiger partial charge in [0.05, 0.1) is 30.2 Å². The average molecular weight is 446 g/mol. The first-order valence-electron chi connectivity index (χ1n) is 12.9. The molecule has 0 saturated carbocycles. The third kappa shape index (κ3) is 7.60. The van der Waals surface area contributed by atoms with E-state index >= 15 is 0 Å². The second-order valence-corrected chi connectivity index (χ2v) is 12.9. The van der Waals surface area contributed by atoms with Crippen LogP contribution in [0.3, 0.4) is 0 Å². The summed E-state index contributed by atoms with van der Waals surface area (Å²) >= 11 is 0. The number of rotatable bonds is 15. The fraction of sp³-hybridized carbons (Fsp3) is 0.419. The number of benzene rings is 3. The van der Waals surface area contributed by atoms with Crippen LogP contribution in [0.1, 0.15) is 76.7 Å². The maximum Gasteiger partial charge on any atom is 0.0995 e. The first kappa shape index (κ1) is 24.7. The molecular formula is C31H42P+. The maximum absolute atomic E-state index is 2.39. The third-order valence-electron chi connectivity index (χ3n) is 6.69. The van der Waals surface area contributed by atoms with E-state index in [1.165, 1.54) is 82.1 Å². The van der Waals surface area contributed by atoms with Crippen LogP contribution in [0.5, 0.6) is 0 Å². The van der Waals surface area contributed by atoms with Crippen molar-refractivity contribution in [2.24, 2.45) is 0 Å². The van der Waals surface area contributed by atoms with E-state index in [0.717, 1.165) is 0 Å². The Labute approximate surface area is 197 Å². The van der Waals surface area contributed by atoms with Crippen LogP contribution in [0.2, 0.25) is 0 Å². The molecular weight excluding hydrogens is 403 g/mol. The molecule has 0 radical (unpaired) electrons. The lowest BCUT2D eigenvalue weighted by Crippen LogP contribution is -2.26. The monoisotopic (exact) mass is 445 g/mol. The summed E-state index contributed by atoms with van der Waals surface area (Å²) in [5, 5.41) is 3.12. The highest BCUT2D eigenvalue weighted by Crippen LogP contribution is 2.59. The number of unbranched alkanes of at least 4 members (excludes halogenated alkanes) is 9. The van der Waals surface area contributed by atoms with E-state index < -0.39 is 7.26 Å². The first-order valence-corrected chi connectivity index (χ1v) is 15.0. The molecule has 0 bridgehead atoms. The van der Waals surface area contributed by atoms with Crippen molar-refractivity contribution in [3.05, 3.63) is 96.6 Å². The molecule has 0 spiro atoms. The molecule has 0 aliphatic heterocycles. The fourth-order valence-corrected chi connectivity index (χ4v) is 9.28. The number of hydrogen-bond acceptors (Lipinski definition) is 0. The predicted molar refractivity (Wildman–Crippen MR) is 146 cm³/mol. The van der Waals surface area contributed by atoms with E-state index in [4.69, 9.17) is 0 Å². The predicted octanol–water partition coefficient (Wildman–Crippen LogP) is 8.78. The van der Waals surface area contributed by atoms with Gasteiger partial charge in [0, 0.05) is 0 Å². The Morgan fingerprint density at radius 1 is 0.469 bits per heavy atom. The van der Waals surface area contributed by atoms with Crippen LogP contribution in [-0.2, 0) is 6.16 Å². The molecule has 0 unspecified atom stereocenters. The molecule has 0 heterocycles. The van der Waals surface area contributed by atoms with Gasteiger partial charge >= 0.3 is 0 Å². The zero-order chi connectivity index (χ0) is 22.3. The highest BCUT2D eigenvalue weighted by molar-refractivity contribution is 7.88. The highest BCUT2D eigenvalue weighted by atomic mass is 31.2. The van der Waals surface area contributed by atoms with E-state index in [-0.39, 0.29) is 0 Å². The van der Waals surface area contributed by atoms with Crippen LogP contribution < -0.4 is 10.6 Å². The molecule has 32 heavy (non-hydrogen) atoms. The zero-order valence-electron chi connectivity index (χ0n) is 20.1. The Morgan fingerprint density at radius 2 is 0.875 bits per heavy atom. The van der Waals surface area contributed by atoms with E-state index in [9.17, 15) is 0 Å². The van der Waals surface area contributed by atoms with E-state index in [0.29, 0.717) is 0 Å². The van der Waals surface area contributed by atoms with Gasteiger partial charge in [-0.25, -0.2) is 0 Å². The van der Waals surface area contributed by atoms with Gasteiger partial charge in [0.2, 0.25) is 0 Å². The summed E-state index contributed by atoms with van der Waals surface area (Å²) in [6.07, 6.45) is 16.4. The van der Waals surface area contributed by atoms with Crippen LogP contribution in [-0.4, -0.2) is 6.16 Å². The van der Waals surface area contributed by atoms with Crippen molar-refractivity contribution in [1.29, 1.82) is 0 Å². The standard InChI is InChI=1S/C31H42P/c1-2-3-4-5-6-7-8-9-10-20-27-32(30-23-16-12-17-24-30,31-25-18-13-19-26-31)28-29-21-14-11-15-22-29/h11-19,21-26H,2-10,20,27-28H2,1H3/q+1. The summed E-state index contributed by atoms with van der Waals surface area (Å²) < 4.78 is 0. The highest BCUT2D eigenvalue weighted by Gasteiger charge is 2.42. The molecule has 0 aliphatic rings. The Morgan fingerprint density at radius 3 is 1.34 bits per heavy atom. The molecule has 0 aliphatic carbocycles. The lowest BCUT2D eigenvalue weighted by Gasteiger charge is -2.28. The van der Waals surface area contributed by atoms with Crippen LogP contribution in [0, 0.1) is 0 Å². The molecule has 0 atom stereocenters. The minimum absolute atomic E-state index is 1.17. The van der Waals surface area contributed by atoms with Crippen molar-refractivity contribution in [2.75, 3.05) is 6.16 Å². The van der Waals surface area contributed by atoms with Crippen molar-refractivity contribution < 1.29 is 0 Å². The zero-order valence-corrected chi connectivity index (χ0v) is 21.0. The van der Waals surface area contributed by atoms with Crippen molar-refractivity contribution in [3.63, 3.8) is 0 Å². The second kappa shape index (κ2) is 14.3. The fourth-order valence-electron chi connectivity index (χ4n) is 4.86. The summed E-state index contributed by atoms with van der Waals surface area (Å²) in [5.74, 6) is 0. The quantitative estimate of drug-likeness (QED) is 0.162. The SMILES string of the molecule is CCCCCCCCCCCC[P+](Cc1ccccc1)(c1ccccc1)c1ccccc1. The van der Waals surface area contributed by atoms with Crippen LogP contribution in [0.4, 0.5) is 0 Å². The van der Waals surface area contributed by atoms with Crippen LogP contribution >= 0.6 is 7.26 Å². The van der Waals surface area contributed by atoms with Gasteiger partial charge in [-0.05, 0) is 42.7 Å². The summed E-state index contributed by atoms with van der Waals surface area (Å²) in [6.45, 7) is 2.30. The topological polar surface area (TPSA) is 0 Å². The van der Waals surface area contributed by atoms with Crippen LogP contribution in [0.25, 0.3) is 0 Å². The summed E-state index contributed by atoms with van der Waals surface area (Å²) in [7, 11) is -1.50. The molecule has 0 aromatic heterocycles. The van der Waals surface area contributed by atoms with Gasteiger partial charge in [0.15, 0.2) is 0 Å². The summed E-state index contributed by atoms with van der Waals surface area (Å²) in [4.78, 5) is 0. The minimum Gasteiger partial charge on any atom is -0.0654 e. The number of hydrogen-bond donors (Lipinski definition) is 0. The van der Waals surface area contributed by atoms with Gasteiger partial charge in [-0.2, -0.15) is 0 Å². The Hall–Kier alpha value is -1.91. The van der Waals surface area contributed by atoms with E-state index in [1.807, 2.05) is 0 Å². The third-order valence-corrected chi connectivity index (χ3v) is 11.2. The van der Waals surface area contributed by atoms with Gasteiger partial charge in [0.1, 0.15) is 0 Å². The summed E-state index contributed by atoms with van der Waals surface area (Å²) in [5.41, 5.74) is 1.47. The van der Waals surface area contributed by atoms with Crippen molar-refractivity contribution in [2.45, 2.75) is 77.3 Å². The first-order chi connectivity index (χ1) is 15.8. The Kier molecular flexibility index (Phi) is 11.0. The summed E-state index contributed by atoms with van der Waals surface area (Å²) in [6, 6.07) is 34.0. The molecule has 0 N–H and O–H groups in total. The normalized spacial score (nSPS) is 11.5. The van der Waals surface area contributed by atoms with Crippen LogP contribution in [0.15, 0.2) is 91.0 Å². The molecule has 1 heteroatoms. The lowest BCUT2D eigenvalue weighted by atomic mass is 10.1. The average Bonchev–Trinajstić information content (AvgIpc) is 2.86. The van der Waals surface area contributed by atoms with Crippen molar-refractivity contribution in [1.82, 2.24) is 0 Å². The van der Waals surface area contributed by atoms with Crippen molar-refractivity contribution >= 4 is 17.9 Å². The molecule has 0 amide bonds. The molecule has 170 valence electrons. The largest absolute Gasteiger partial charge is 0.0995 e. The molecule has 0 fully saturated rings. The van der Waals surface area contributed by atoms with E-state index in [1.54, 1.807) is 10.6 Å². The Balaban J connectivity index is 1.68. The second-order valence-electron chi connectivity index (χ2n) is 9.19. The smallest absolute Gasteiger partial charge is 0.0654 e. The van der Waals surface area contributed by atoms with E-state index in [2.05, 4.69) is 97.9 Å². The molecule has 0 nitrogen and oxygen atoms in total. The molecule has 3 aromatic rings. The van der Waals surface area contributed by atoms with Gasteiger partial charge in [-0.1, -0.05) is 125 Å². The molecule has 3 rings (SSSR count). The minimum atomic E-state index is -1.50. The van der Waals surface area contributed by atoms with Gasteiger partial charge in [-0.3, -0.25) is 0 Å². The lowest BCUT2D eigenvalue weighted by molar-refractivity contribution is 0.562. The molecule has 0 saturated heterocycles. The molecule has 3 aromatic carbocycles. The maximum atomic E-state index is 2.39. The van der Waals surface area contributed by atoms with Crippen molar-refractivity contribution in [3.8, 4) is 0 Å². The van der Waals surface area contributed by atoms with Gasteiger partial charge < -0.3 is 0 Å². The van der Waals surface area contributed by atoms with Gasteiger partial charge in [-0.15, -0.1) is 0 Å². The Bertz CT molecular complexity index is 802. The van der Waals surface area contributed by atoms with Gasteiger partial charge in [0.25, 0.3) is 0 Å².